The third-order valence-corrected chi connectivity index (χ3v) is 5.79. The van der Waals surface area contributed by atoms with E-state index in [4.69, 9.17) is 4.74 Å². The molecule has 7 heteroatoms. The summed E-state index contributed by atoms with van der Waals surface area (Å²) in [6.45, 7) is 0.930. The Morgan fingerprint density at radius 3 is 2.52 bits per heavy atom. The van der Waals surface area contributed by atoms with Crippen LogP contribution < -0.4 is 14.4 Å². The minimum atomic E-state index is -3.61. The van der Waals surface area contributed by atoms with Gasteiger partial charge >= 0.3 is 0 Å². The van der Waals surface area contributed by atoms with Crippen LogP contribution in [0.3, 0.4) is 0 Å². The first kappa shape index (κ1) is 18.9. The summed E-state index contributed by atoms with van der Waals surface area (Å²) in [6, 6.07) is 15.4. The molecule has 0 fully saturated rings. The van der Waals surface area contributed by atoms with Gasteiger partial charge in [-0.2, -0.15) is 0 Å². The van der Waals surface area contributed by atoms with Crippen LogP contribution in [-0.2, 0) is 10.0 Å². The maximum absolute atomic E-state index is 12.7. The fraction of sp³-hybridized carbons (Fsp3) is 0.150. The summed E-state index contributed by atoms with van der Waals surface area (Å²) in [7, 11) is -2.08. The molecule has 0 spiro atoms. The summed E-state index contributed by atoms with van der Waals surface area (Å²) in [5.41, 5.74) is 1.44. The molecule has 1 heterocycles. The van der Waals surface area contributed by atoms with Gasteiger partial charge in [-0.15, -0.1) is 0 Å². The Balaban J connectivity index is 1.65. The number of allylic oxidation sites excluding steroid dienone is 2. The number of hydrogen-bond acceptors (Lipinski definition) is 4. The third-order valence-electron chi connectivity index (χ3n) is 3.99. The molecule has 1 aliphatic rings. The fourth-order valence-electron chi connectivity index (χ4n) is 2.53. The van der Waals surface area contributed by atoms with E-state index in [9.17, 15) is 8.42 Å². The fourth-order valence-corrected chi connectivity index (χ4v) is 3.74. The van der Waals surface area contributed by atoms with Gasteiger partial charge in [0.25, 0.3) is 10.0 Å². The number of aliphatic imine (C=N–C) groups is 1. The number of benzene rings is 2. The first-order chi connectivity index (χ1) is 13.1. The summed E-state index contributed by atoms with van der Waals surface area (Å²) in [6.07, 6.45) is 7.74. The first-order valence-corrected chi connectivity index (χ1v) is 10.0. The van der Waals surface area contributed by atoms with E-state index in [1.165, 1.54) is 11.4 Å². The zero-order valence-electron chi connectivity index (χ0n) is 15.0. The minimum absolute atomic E-state index is 0.250. The number of anilines is 1. The molecule has 0 atom stereocenters. The van der Waals surface area contributed by atoms with Gasteiger partial charge in [0.2, 0.25) is 0 Å². The highest BCUT2D eigenvalue weighted by molar-refractivity contribution is 7.92. The summed E-state index contributed by atoms with van der Waals surface area (Å²) in [5.74, 6) is 0.603. The SMILES string of the molecule is CN(c1cccc(OCCN=C2C=C[NH2+]C=C2)c1)S(=O)(=O)c1ccccc1. The normalized spacial score (nSPS) is 13.4. The molecule has 0 aromatic heterocycles. The Kier molecular flexibility index (Phi) is 6.05. The molecule has 27 heavy (non-hydrogen) atoms. The zero-order valence-corrected chi connectivity index (χ0v) is 15.8. The Bertz CT molecular complexity index is 953. The van der Waals surface area contributed by atoms with Crippen molar-refractivity contribution in [3.8, 4) is 5.75 Å². The van der Waals surface area contributed by atoms with Crippen molar-refractivity contribution in [1.29, 1.82) is 0 Å². The second-order valence-electron chi connectivity index (χ2n) is 5.85. The van der Waals surface area contributed by atoms with Crippen LogP contribution >= 0.6 is 0 Å². The van der Waals surface area contributed by atoms with Gasteiger partial charge < -0.3 is 4.74 Å². The average Bonchev–Trinajstić information content (AvgIpc) is 2.72. The Labute approximate surface area is 159 Å². The maximum Gasteiger partial charge on any atom is 0.264 e. The molecular weight excluding hydrogens is 362 g/mol. The second kappa shape index (κ2) is 8.66. The molecule has 0 saturated carbocycles. The highest BCUT2D eigenvalue weighted by Gasteiger charge is 2.21. The van der Waals surface area contributed by atoms with E-state index in [2.05, 4.69) is 4.99 Å². The number of nitrogens with two attached hydrogens (primary N) is 1. The molecule has 0 unspecified atom stereocenters. The monoisotopic (exact) mass is 384 g/mol. The smallest absolute Gasteiger partial charge is 0.264 e. The van der Waals surface area contributed by atoms with Crippen LogP contribution in [0.15, 0.2) is 89.0 Å². The van der Waals surface area contributed by atoms with Crippen molar-refractivity contribution in [2.24, 2.45) is 4.99 Å². The van der Waals surface area contributed by atoms with Crippen LogP contribution in [0.5, 0.6) is 5.75 Å². The lowest BCUT2D eigenvalue weighted by Gasteiger charge is -2.20. The first-order valence-electron chi connectivity index (χ1n) is 8.57. The van der Waals surface area contributed by atoms with Gasteiger partial charge in [0.1, 0.15) is 12.4 Å². The zero-order chi connectivity index (χ0) is 19.1. The van der Waals surface area contributed by atoms with E-state index in [-0.39, 0.29) is 4.90 Å². The molecule has 0 aliphatic carbocycles. The number of nitrogens with zero attached hydrogens (tertiary/aromatic N) is 2. The quantitative estimate of drug-likeness (QED) is 0.741. The second-order valence-corrected chi connectivity index (χ2v) is 7.82. The molecule has 0 amide bonds. The van der Waals surface area contributed by atoms with Crippen molar-refractivity contribution in [3.05, 3.63) is 79.1 Å². The van der Waals surface area contributed by atoms with Crippen molar-refractivity contribution >= 4 is 21.4 Å². The Hall–Kier alpha value is -2.90. The predicted molar refractivity (Wildman–Crippen MR) is 106 cm³/mol. The van der Waals surface area contributed by atoms with Gasteiger partial charge in [0.05, 0.1) is 35.2 Å². The number of quaternary nitrogens is 1. The number of ether oxygens (including phenoxy) is 1. The predicted octanol–water partition coefficient (Wildman–Crippen LogP) is 1.94. The molecule has 1 aliphatic heterocycles. The third kappa shape index (κ3) is 4.84. The molecule has 2 N–H and O–H groups in total. The average molecular weight is 384 g/mol. The molecule has 140 valence electrons. The number of hydrogen-bond donors (Lipinski definition) is 1. The topological polar surface area (TPSA) is 75.6 Å². The number of rotatable bonds is 7. The van der Waals surface area contributed by atoms with Crippen molar-refractivity contribution in [2.45, 2.75) is 4.90 Å². The summed E-state index contributed by atoms with van der Waals surface area (Å²) < 4.78 is 32.4. The van der Waals surface area contributed by atoms with Gasteiger partial charge in [0, 0.05) is 25.3 Å². The Morgan fingerprint density at radius 1 is 1.04 bits per heavy atom. The van der Waals surface area contributed by atoms with Crippen molar-refractivity contribution in [1.82, 2.24) is 0 Å². The highest BCUT2D eigenvalue weighted by atomic mass is 32.2. The van der Waals surface area contributed by atoms with Crippen LogP contribution in [0.4, 0.5) is 5.69 Å². The molecule has 2 aromatic carbocycles. The summed E-state index contributed by atoms with van der Waals surface area (Å²) >= 11 is 0. The van der Waals surface area contributed by atoms with Gasteiger partial charge in [-0.3, -0.25) is 14.6 Å². The lowest BCUT2D eigenvalue weighted by molar-refractivity contribution is -0.514. The van der Waals surface area contributed by atoms with E-state index in [0.717, 1.165) is 5.71 Å². The summed E-state index contributed by atoms with van der Waals surface area (Å²) in [4.78, 5) is 4.68. The Morgan fingerprint density at radius 2 is 1.78 bits per heavy atom. The van der Waals surface area contributed by atoms with Crippen molar-refractivity contribution in [3.63, 3.8) is 0 Å². The van der Waals surface area contributed by atoms with Crippen LogP contribution in [0.2, 0.25) is 0 Å². The molecule has 0 radical (unpaired) electrons. The van der Waals surface area contributed by atoms with Gasteiger partial charge in [-0.1, -0.05) is 24.3 Å². The van der Waals surface area contributed by atoms with Crippen LogP contribution in [0, 0.1) is 0 Å². The molecule has 3 rings (SSSR count). The standard InChI is InChI=1S/C20H21N3O3S/c1-23(27(24,25)20-8-3-2-4-9-20)18-6-5-7-19(16-18)26-15-14-22-17-10-12-21-13-11-17/h2-13,16H,14-15H2,1H3,(H,21,22)/p+1. The van der Waals surface area contributed by atoms with Gasteiger partial charge in [0.15, 0.2) is 0 Å². The van der Waals surface area contributed by atoms with E-state index >= 15 is 0 Å². The lowest BCUT2D eigenvalue weighted by Crippen LogP contribution is -2.71. The van der Waals surface area contributed by atoms with E-state index < -0.39 is 10.0 Å². The van der Waals surface area contributed by atoms with Crippen molar-refractivity contribution < 1.29 is 18.5 Å². The highest BCUT2D eigenvalue weighted by Crippen LogP contribution is 2.25. The largest absolute Gasteiger partial charge is 0.492 e. The minimum Gasteiger partial charge on any atom is -0.492 e. The van der Waals surface area contributed by atoms with E-state index in [1.807, 2.05) is 29.9 Å². The lowest BCUT2D eigenvalue weighted by atomic mass is 10.3. The molecule has 0 bridgehead atoms. The maximum atomic E-state index is 12.7. The van der Waals surface area contributed by atoms with Crippen LogP contribution in [-0.4, -0.2) is 34.3 Å². The molecule has 2 aromatic rings. The molecule has 0 saturated heterocycles. The number of sulfonamides is 1. The van der Waals surface area contributed by atoms with Crippen LogP contribution in [0.25, 0.3) is 0 Å². The van der Waals surface area contributed by atoms with Crippen LogP contribution in [0.1, 0.15) is 0 Å². The van der Waals surface area contributed by atoms with E-state index in [1.54, 1.807) is 54.6 Å². The molecule has 6 nitrogen and oxygen atoms in total. The summed E-state index contributed by atoms with van der Waals surface area (Å²) in [5, 5.41) is 1.95. The van der Waals surface area contributed by atoms with Crippen molar-refractivity contribution in [2.75, 3.05) is 24.5 Å². The van der Waals surface area contributed by atoms with Gasteiger partial charge in [-0.25, -0.2) is 8.42 Å². The van der Waals surface area contributed by atoms with Gasteiger partial charge in [-0.05, 0) is 24.3 Å². The molecular formula is C20H22N3O3S+. The van der Waals surface area contributed by atoms with E-state index in [0.29, 0.717) is 24.6 Å².